The molecule has 1 aromatic carbocycles. The number of H-pyrrole nitrogens is 1. The van der Waals surface area contributed by atoms with E-state index < -0.39 is 11.6 Å². The summed E-state index contributed by atoms with van der Waals surface area (Å²) in [5.74, 6) is -1.01. The van der Waals surface area contributed by atoms with Crippen LogP contribution in [0.4, 0.5) is 4.39 Å². The SMILES string of the molecule is CO[C@]1(C(=O)O)C[C@H](c2c(C3CCOCC3)n(-c3ccc(F)c(C)c3)c3cc4cn[nH]c4nc32)C1. The van der Waals surface area contributed by atoms with Crippen molar-refractivity contribution in [2.24, 2.45) is 0 Å². The number of benzene rings is 1. The van der Waals surface area contributed by atoms with E-state index in [1.165, 1.54) is 13.2 Å². The zero-order chi connectivity index (χ0) is 24.3. The Kier molecular flexibility index (Phi) is 5.16. The van der Waals surface area contributed by atoms with Gasteiger partial charge in [-0.1, -0.05) is 0 Å². The number of rotatable bonds is 5. The second-order valence-corrected chi connectivity index (χ2v) is 9.73. The fourth-order valence-electron chi connectivity index (χ4n) is 5.80. The molecule has 0 atom stereocenters. The van der Waals surface area contributed by atoms with Crippen LogP contribution in [0.25, 0.3) is 27.8 Å². The molecule has 1 aliphatic heterocycles. The topological polar surface area (TPSA) is 102 Å². The van der Waals surface area contributed by atoms with Crippen molar-refractivity contribution in [3.8, 4) is 5.69 Å². The first kappa shape index (κ1) is 22.2. The van der Waals surface area contributed by atoms with Crippen molar-refractivity contribution in [2.45, 2.75) is 50.0 Å². The minimum absolute atomic E-state index is 0.0259. The number of pyridine rings is 1. The number of nitrogens with one attached hydrogen (secondary N) is 1. The Morgan fingerprint density at radius 1 is 1.26 bits per heavy atom. The first-order valence-electron chi connectivity index (χ1n) is 11.9. The second-order valence-electron chi connectivity index (χ2n) is 9.73. The Balaban J connectivity index is 1.64. The lowest BCUT2D eigenvalue weighted by Crippen LogP contribution is -2.51. The molecule has 3 aromatic heterocycles. The summed E-state index contributed by atoms with van der Waals surface area (Å²) in [5.41, 5.74) is 4.83. The Bertz CT molecular complexity index is 1450. The molecule has 2 N–H and O–H groups in total. The number of fused-ring (bicyclic) bond motifs is 2. The molecule has 0 amide bonds. The molecular weight excluding hydrogens is 451 g/mol. The van der Waals surface area contributed by atoms with Crippen LogP contribution in [0.3, 0.4) is 0 Å². The molecule has 1 aliphatic carbocycles. The van der Waals surface area contributed by atoms with E-state index in [9.17, 15) is 14.3 Å². The van der Waals surface area contributed by atoms with Crippen LogP contribution in [0, 0.1) is 12.7 Å². The number of ether oxygens (including phenoxy) is 2. The van der Waals surface area contributed by atoms with Crippen molar-refractivity contribution in [1.29, 1.82) is 0 Å². The van der Waals surface area contributed by atoms with Crippen molar-refractivity contribution in [1.82, 2.24) is 19.7 Å². The molecule has 0 bridgehead atoms. The summed E-state index contributed by atoms with van der Waals surface area (Å²) in [7, 11) is 1.46. The molecule has 182 valence electrons. The van der Waals surface area contributed by atoms with Gasteiger partial charge in [-0.25, -0.2) is 14.2 Å². The van der Waals surface area contributed by atoms with Crippen molar-refractivity contribution in [3.05, 3.63) is 53.1 Å². The van der Waals surface area contributed by atoms with Gasteiger partial charge in [0.05, 0.1) is 17.2 Å². The van der Waals surface area contributed by atoms with Crippen molar-refractivity contribution in [2.75, 3.05) is 20.3 Å². The predicted molar refractivity (Wildman–Crippen MR) is 128 cm³/mol. The zero-order valence-electron chi connectivity index (χ0n) is 19.7. The molecule has 0 spiro atoms. The van der Waals surface area contributed by atoms with E-state index in [1.54, 1.807) is 19.2 Å². The van der Waals surface area contributed by atoms with Gasteiger partial charge in [-0.2, -0.15) is 5.10 Å². The van der Waals surface area contributed by atoms with Crippen molar-refractivity contribution >= 4 is 28.0 Å². The number of hydrogen-bond donors (Lipinski definition) is 2. The van der Waals surface area contributed by atoms with E-state index in [-0.39, 0.29) is 17.7 Å². The lowest BCUT2D eigenvalue weighted by atomic mass is 9.66. The minimum Gasteiger partial charge on any atom is -0.479 e. The van der Waals surface area contributed by atoms with E-state index in [4.69, 9.17) is 14.5 Å². The van der Waals surface area contributed by atoms with E-state index in [0.29, 0.717) is 37.3 Å². The first-order valence-corrected chi connectivity index (χ1v) is 11.9. The number of aromatic amines is 1. The summed E-state index contributed by atoms with van der Waals surface area (Å²) in [6, 6.07) is 7.22. The van der Waals surface area contributed by atoms with Gasteiger partial charge in [0, 0.05) is 48.6 Å². The third kappa shape index (κ3) is 3.36. The third-order valence-corrected chi connectivity index (χ3v) is 7.77. The number of aromatic nitrogens is 4. The number of carbonyl (C=O) groups is 1. The normalized spacial score (nSPS) is 23.1. The number of methoxy groups -OCH3 is 1. The highest BCUT2D eigenvalue weighted by Gasteiger charge is 2.53. The molecular formula is C26H27FN4O4. The van der Waals surface area contributed by atoms with Crippen LogP contribution < -0.4 is 0 Å². The van der Waals surface area contributed by atoms with Gasteiger partial charge < -0.3 is 19.1 Å². The number of hydrogen-bond acceptors (Lipinski definition) is 5. The van der Waals surface area contributed by atoms with Crippen molar-refractivity contribution < 1.29 is 23.8 Å². The molecule has 2 aliphatic rings. The summed E-state index contributed by atoms with van der Waals surface area (Å²) in [5, 5.41) is 17.8. The summed E-state index contributed by atoms with van der Waals surface area (Å²) >= 11 is 0. The molecule has 35 heavy (non-hydrogen) atoms. The fraction of sp³-hybridized carbons (Fsp3) is 0.423. The predicted octanol–water partition coefficient (Wildman–Crippen LogP) is 4.59. The quantitative estimate of drug-likeness (QED) is 0.435. The van der Waals surface area contributed by atoms with Crippen LogP contribution in [0.2, 0.25) is 0 Å². The molecule has 4 heterocycles. The smallest absolute Gasteiger partial charge is 0.335 e. The molecule has 1 saturated carbocycles. The van der Waals surface area contributed by atoms with Crippen LogP contribution in [0.5, 0.6) is 0 Å². The molecule has 6 rings (SSSR count). The van der Waals surface area contributed by atoms with E-state index >= 15 is 0 Å². The van der Waals surface area contributed by atoms with Gasteiger partial charge in [-0.05, 0) is 68.4 Å². The van der Waals surface area contributed by atoms with Crippen LogP contribution in [0.1, 0.15) is 54.3 Å². The maximum Gasteiger partial charge on any atom is 0.335 e. The lowest BCUT2D eigenvalue weighted by molar-refractivity contribution is -0.175. The lowest BCUT2D eigenvalue weighted by Gasteiger charge is -2.43. The number of nitrogens with zero attached hydrogens (tertiary/aromatic N) is 3. The van der Waals surface area contributed by atoms with E-state index in [0.717, 1.165) is 46.2 Å². The number of aliphatic carboxylic acids is 1. The highest BCUT2D eigenvalue weighted by Crippen LogP contribution is 2.52. The van der Waals surface area contributed by atoms with E-state index in [1.807, 2.05) is 6.07 Å². The number of carboxylic acids is 1. The Morgan fingerprint density at radius 2 is 2.03 bits per heavy atom. The number of aryl methyl sites for hydroxylation is 1. The molecule has 0 unspecified atom stereocenters. The monoisotopic (exact) mass is 478 g/mol. The fourth-order valence-corrected chi connectivity index (χ4v) is 5.80. The van der Waals surface area contributed by atoms with Crippen LogP contribution in [0.15, 0.2) is 30.5 Å². The second kappa shape index (κ2) is 8.13. The van der Waals surface area contributed by atoms with Gasteiger partial charge in [-0.3, -0.25) is 5.10 Å². The molecule has 1 saturated heterocycles. The zero-order valence-corrected chi connectivity index (χ0v) is 19.7. The summed E-state index contributed by atoms with van der Waals surface area (Å²) in [4.78, 5) is 17.0. The first-order chi connectivity index (χ1) is 16.9. The third-order valence-electron chi connectivity index (χ3n) is 7.77. The Morgan fingerprint density at radius 3 is 2.71 bits per heavy atom. The molecule has 8 nitrogen and oxygen atoms in total. The minimum atomic E-state index is -1.18. The Hall–Kier alpha value is -3.30. The highest BCUT2D eigenvalue weighted by atomic mass is 19.1. The summed E-state index contributed by atoms with van der Waals surface area (Å²) < 4.78 is 27.5. The van der Waals surface area contributed by atoms with Gasteiger partial charge >= 0.3 is 5.97 Å². The standard InChI is InChI=1S/C26H27FN4O4/c1-14-9-18(3-4-19(14)27)31-20-10-16-13-28-30-24(16)29-22(20)21(23(31)15-5-7-35-8-6-15)17-11-26(12-17,34-2)25(32)33/h3-4,9-10,13,15,17H,5-8,11-12H2,1-2H3,(H,32,33)(H,28,29,30)/t17-,26+. The summed E-state index contributed by atoms with van der Waals surface area (Å²) in [6.07, 6.45) is 4.19. The molecule has 2 fully saturated rings. The van der Waals surface area contributed by atoms with Gasteiger partial charge in [0.25, 0.3) is 0 Å². The van der Waals surface area contributed by atoms with Crippen LogP contribution in [-0.4, -0.2) is 56.7 Å². The van der Waals surface area contributed by atoms with Gasteiger partial charge in [0.15, 0.2) is 11.2 Å². The van der Waals surface area contributed by atoms with Crippen LogP contribution >= 0.6 is 0 Å². The average molecular weight is 479 g/mol. The van der Waals surface area contributed by atoms with Gasteiger partial charge in [0.1, 0.15) is 5.82 Å². The van der Waals surface area contributed by atoms with Crippen molar-refractivity contribution in [3.63, 3.8) is 0 Å². The number of halogens is 1. The van der Waals surface area contributed by atoms with Crippen LogP contribution in [-0.2, 0) is 14.3 Å². The molecule has 9 heteroatoms. The largest absolute Gasteiger partial charge is 0.479 e. The highest BCUT2D eigenvalue weighted by molar-refractivity contribution is 5.94. The summed E-state index contributed by atoms with van der Waals surface area (Å²) in [6.45, 7) is 3.08. The maximum atomic E-state index is 14.2. The maximum absolute atomic E-state index is 14.2. The number of carboxylic acid groups (broad SMARTS) is 1. The Labute approximate surface area is 201 Å². The van der Waals surface area contributed by atoms with Gasteiger partial charge in [0.2, 0.25) is 0 Å². The van der Waals surface area contributed by atoms with E-state index in [2.05, 4.69) is 20.8 Å². The molecule has 4 aromatic rings. The van der Waals surface area contributed by atoms with Gasteiger partial charge in [-0.15, -0.1) is 0 Å². The molecule has 0 radical (unpaired) electrons. The average Bonchev–Trinajstić information content (AvgIpc) is 3.41.